The van der Waals surface area contributed by atoms with Gasteiger partial charge in [-0.2, -0.15) is 0 Å². The van der Waals surface area contributed by atoms with Crippen LogP contribution in [0.2, 0.25) is 0 Å². The minimum absolute atomic E-state index is 0.00687. The quantitative estimate of drug-likeness (QED) is 0.0874. The predicted octanol–water partition coefficient (Wildman–Crippen LogP) is 15.4. The average Bonchev–Trinajstić information content (AvgIpc) is 1.48. The van der Waals surface area contributed by atoms with Gasteiger partial charge in [0.1, 0.15) is 0 Å². The summed E-state index contributed by atoms with van der Waals surface area (Å²) in [5.41, 5.74) is 9.36. The Balaban J connectivity index is 0.880. The number of rotatable bonds is 4. The van der Waals surface area contributed by atoms with Crippen molar-refractivity contribution in [1.82, 2.24) is 10.6 Å². The van der Waals surface area contributed by atoms with Crippen molar-refractivity contribution < 1.29 is 25.2 Å². The summed E-state index contributed by atoms with van der Waals surface area (Å²) in [6, 6.07) is 30.1. The molecule has 7 fully saturated rings. The molecule has 3 aromatic carbocycles. The highest BCUT2D eigenvalue weighted by atomic mass is 16.4. The fourth-order valence-corrected chi connectivity index (χ4v) is 28.9. The Morgan fingerprint density at radius 2 is 1.67 bits per heavy atom. The minimum Gasteiger partial charge on any atom is -0.516 e. The molecule has 93 heavy (non-hydrogen) atoms. The molecule has 0 saturated heterocycles. The number of carboxylic acid groups (broad SMARTS) is 1. The van der Waals surface area contributed by atoms with Crippen molar-refractivity contribution in [3.05, 3.63) is 183 Å². The number of hydrogen-bond acceptors (Lipinski definition) is 6. The third kappa shape index (κ3) is 7.46. The Labute approximate surface area is 551 Å². The molecule has 6 N–H and O–H groups in total. The van der Waals surface area contributed by atoms with Gasteiger partial charge in [-0.1, -0.05) is 158 Å². The van der Waals surface area contributed by atoms with E-state index in [1.807, 2.05) is 0 Å². The Hall–Kier alpha value is -6.07. The van der Waals surface area contributed by atoms with Gasteiger partial charge in [-0.15, -0.1) is 11.8 Å². The number of dihydropyridines is 1. The smallest absolute Gasteiger partial charge is 0.307 e. The molecule has 482 valence electrons. The van der Waals surface area contributed by atoms with E-state index in [0.29, 0.717) is 37.5 Å². The molecular formula is C86H98N2O5. The van der Waals surface area contributed by atoms with Gasteiger partial charge in [-0.25, -0.2) is 0 Å². The molecule has 20 bridgehead atoms. The van der Waals surface area contributed by atoms with Crippen LogP contribution in [0.4, 0.5) is 0 Å². The molecule has 0 radical (unpaired) electrons. The Morgan fingerprint density at radius 3 is 2.53 bits per heavy atom. The summed E-state index contributed by atoms with van der Waals surface area (Å²) < 4.78 is 0. The van der Waals surface area contributed by atoms with Crippen molar-refractivity contribution in [2.24, 2.45) is 96.6 Å². The SMILES string of the molecule is O=C(O)C1CCC(=CO)C(C2CCCCC2)CCCNC2=CC=C(CN2)c2cccc(c2)C2CC#CCC34CC=CC56C=C7C2=c2ccccc2=CC7C(CCC3O)(C2=C(C5)C35C7CCCC38C(CCC53CCC5(CCC(Cc9ccccc9)C5)C3C=CC18C7O)C2)C64. The summed E-state index contributed by atoms with van der Waals surface area (Å²) in [5.74, 6) is 9.15. The van der Waals surface area contributed by atoms with E-state index >= 15 is 4.79 Å². The zero-order valence-electron chi connectivity index (χ0n) is 54.8. The standard InChI is InChI=1S/C86H98N2O5/c89-53-61-26-28-68(77(92)93)84-41-32-72-79(38-30-55(49-79)45-54-15-3-1-4-16-54)42-43-82(72)39-31-62-48-70-71(86(82)67(76(84)91)25-12-37-85(62,84)86)51-80-34-14-36-81-35-10-9-23-64(75-65-22-8-7-19-59(65)47-69(66(75)50-80)83(70,78(80)81)40-33-73(81)90)58-21-11-20-57(46-58)60-27-29-74(88-52-60)87-44-13-24-63(61)56-17-5-2-6-18-56/h1,3-4,7-8,11,14-16,19-22,27,29,32,34,41,46-47,50,53,55-56,62-64,67-69,72-73,76,78,87-91H,2,5-6,12-13,17-18,23-26,28,30-31,33,35-40,42-45,48-49,51-52H2,(H,92,93). The van der Waals surface area contributed by atoms with Gasteiger partial charge in [0.15, 0.2) is 0 Å². The van der Waals surface area contributed by atoms with Gasteiger partial charge in [0.05, 0.1) is 30.2 Å². The summed E-state index contributed by atoms with van der Waals surface area (Å²) >= 11 is 0. The predicted molar refractivity (Wildman–Crippen MR) is 367 cm³/mol. The first-order valence-electron chi connectivity index (χ1n) is 37.5. The van der Waals surface area contributed by atoms with E-state index in [1.165, 1.54) is 95.1 Å². The lowest BCUT2D eigenvalue weighted by Crippen LogP contribution is -2.73. The van der Waals surface area contributed by atoms with Crippen molar-refractivity contribution in [2.75, 3.05) is 13.1 Å². The minimum atomic E-state index is -1.01. The highest BCUT2D eigenvalue weighted by Crippen LogP contribution is 2.95. The van der Waals surface area contributed by atoms with Crippen molar-refractivity contribution in [3.63, 3.8) is 0 Å². The lowest BCUT2D eigenvalue weighted by molar-refractivity contribution is -0.233. The van der Waals surface area contributed by atoms with E-state index in [-0.39, 0.29) is 57.7 Å². The van der Waals surface area contributed by atoms with Gasteiger partial charge in [-0.3, -0.25) is 4.79 Å². The zero-order valence-corrected chi connectivity index (χ0v) is 54.8. The number of fused-ring (bicyclic) bond motifs is 5. The van der Waals surface area contributed by atoms with Gasteiger partial charge in [0.2, 0.25) is 0 Å². The Kier molecular flexibility index (Phi) is 13.1. The molecular weight excluding hydrogens is 1140 g/mol. The van der Waals surface area contributed by atoms with Crippen LogP contribution in [0, 0.1) is 108 Å². The summed E-state index contributed by atoms with van der Waals surface area (Å²) in [4.78, 5) is 15.6. The van der Waals surface area contributed by atoms with Gasteiger partial charge < -0.3 is 31.1 Å². The molecule has 7 heteroatoms. The number of aliphatic carboxylic acids is 1. The van der Waals surface area contributed by atoms with Crippen LogP contribution in [0.1, 0.15) is 190 Å². The molecule has 19 aliphatic rings. The second kappa shape index (κ2) is 21.0. The number of nitrogens with one attached hydrogen (secondary N) is 2. The molecule has 4 aliphatic heterocycles. The summed E-state index contributed by atoms with van der Waals surface area (Å²) in [6.45, 7) is 1.52. The second-order valence-electron chi connectivity index (χ2n) is 33.9. The summed E-state index contributed by atoms with van der Waals surface area (Å²) in [6.07, 6.45) is 47.4. The largest absolute Gasteiger partial charge is 0.516 e. The van der Waals surface area contributed by atoms with Crippen LogP contribution in [0.15, 0.2) is 156 Å². The number of allylic oxidation sites excluding steroid dienone is 10. The number of aliphatic hydroxyl groups is 3. The van der Waals surface area contributed by atoms with E-state index in [0.717, 1.165) is 127 Å². The maximum atomic E-state index is 15.6. The number of carboxylic acids is 1. The number of benzene rings is 3. The van der Waals surface area contributed by atoms with Crippen molar-refractivity contribution >= 4 is 23.2 Å². The lowest BCUT2D eigenvalue weighted by atomic mass is 9.24. The fourth-order valence-electron chi connectivity index (χ4n) is 28.9. The highest BCUT2D eigenvalue weighted by molar-refractivity contribution is 5.81. The fraction of sp³-hybridized carbons (Fsp3) is 0.570. The van der Waals surface area contributed by atoms with E-state index < -0.39 is 51.2 Å². The third-order valence-electron chi connectivity index (χ3n) is 31.3. The lowest BCUT2D eigenvalue weighted by Gasteiger charge is -2.78. The zero-order chi connectivity index (χ0) is 62.3. The first kappa shape index (κ1) is 58.3. The molecule has 4 heterocycles. The number of hydrogen-bond donors (Lipinski definition) is 6. The molecule has 5 spiro atoms. The van der Waals surface area contributed by atoms with Crippen LogP contribution in [-0.4, -0.2) is 51.7 Å². The molecule has 7 nitrogen and oxygen atoms in total. The van der Waals surface area contributed by atoms with E-state index in [2.05, 4.69) is 150 Å². The normalized spacial score (nSPS) is 44.8. The summed E-state index contributed by atoms with van der Waals surface area (Å²) in [7, 11) is 0. The first-order valence-corrected chi connectivity index (χ1v) is 37.5. The molecule has 19 unspecified atom stereocenters. The van der Waals surface area contributed by atoms with Crippen LogP contribution in [0.5, 0.6) is 0 Å². The maximum absolute atomic E-state index is 15.6. The van der Waals surface area contributed by atoms with Gasteiger partial charge in [0, 0.05) is 64.8 Å². The van der Waals surface area contributed by atoms with E-state index in [9.17, 15) is 20.4 Å². The average molecular weight is 1240 g/mol. The third-order valence-corrected chi connectivity index (χ3v) is 31.3. The van der Waals surface area contributed by atoms with Crippen molar-refractivity contribution in [3.8, 4) is 11.8 Å². The molecule has 19 atom stereocenters. The van der Waals surface area contributed by atoms with E-state index in [1.54, 1.807) is 11.1 Å². The molecule has 7 saturated carbocycles. The van der Waals surface area contributed by atoms with Crippen LogP contribution >= 0.6 is 0 Å². The van der Waals surface area contributed by atoms with Crippen LogP contribution in [0.25, 0.3) is 17.2 Å². The first-order chi connectivity index (χ1) is 45.5. The van der Waals surface area contributed by atoms with Crippen molar-refractivity contribution in [1.29, 1.82) is 0 Å². The highest BCUT2D eigenvalue weighted by Gasteiger charge is 2.91. The molecule has 0 amide bonds. The van der Waals surface area contributed by atoms with Crippen LogP contribution in [0.3, 0.4) is 0 Å². The molecule has 3 aromatic rings. The van der Waals surface area contributed by atoms with Gasteiger partial charge >= 0.3 is 5.97 Å². The second-order valence-corrected chi connectivity index (χ2v) is 33.9. The van der Waals surface area contributed by atoms with Gasteiger partial charge in [0.25, 0.3) is 0 Å². The monoisotopic (exact) mass is 1240 g/mol. The topological polar surface area (TPSA) is 122 Å². The Bertz CT molecular complexity index is 4070. The molecule has 15 aliphatic carbocycles. The molecule has 22 rings (SSSR count). The maximum Gasteiger partial charge on any atom is 0.307 e. The van der Waals surface area contributed by atoms with Gasteiger partial charge in [-0.05, 0) is 248 Å². The van der Waals surface area contributed by atoms with Crippen LogP contribution < -0.4 is 21.1 Å². The number of aliphatic hydroxyl groups excluding tert-OH is 3. The Morgan fingerprint density at radius 1 is 0.785 bits per heavy atom. The molecule has 0 aromatic heterocycles. The van der Waals surface area contributed by atoms with Crippen molar-refractivity contribution in [2.45, 2.75) is 191 Å². The van der Waals surface area contributed by atoms with Crippen LogP contribution in [-0.2, 0) is 11.2 Å². The van der Waals surface area contributed by atoms with E-state index in [4.69, 9.17) is 0 Å². The number of carbonyl (C=O) groups is 1. The summed E-state index contributed by atoms with van der Waals surface area (Å²) in [5, 5.41) is 63.0.